The first-order valence-corrected chi connectivity index (χ1v) is 12.2. The minimum Gasteiger partial charge on any atom is -0.507 e. The number of hydrogen-bond donors (Lipinski definition) is 3. The van der Waals surface area contributed by atoms with Gasteiger partial charge in [-0.3, -0.25) is 4.79 Å². The van der Waals surface area contributed by atoms with Crippen molar-refractivity contribution in [2.24, 2.45) is 5.92 Å². The summed E-state index contributed by atoms with van der Waals surface area (Å²) in [4.78, 5) is 32.5. The second-order valence-corrected chi connectivity index (χ2v) is 9.37. The number of nitrogens with zero attached hydrogens (tertiary/aromatic N) is 1. The van der Waals surface area contributed by atoms with Crippen LogP contribution in [0.15, 0.2) is 46.0 Å². The van der Waals surface area contributed by atoms with E-state index in [1.54, 1.807) is 18.9 Å². The molecule has 2 aliphatic carbocycles. The Bertz CT molecular complexity index is 1210. The van der Waals surface area contributed by atoms with Gasteiger partial charge in [0.1, 0.15) is 11.5 Å². The van der Waals surface area contributed by atoms with Crippen molar-refractivity contribution in [2.45, 2.75) is 63.7 Å². The van der Waals surface area contributed by atoms with Crippen molar-refractivity contribution < 1.29 is 14.3 Å². The largest absolute Gasteiger partial charge is 0.507 e. The Hall–Kier alpha value is -3.35. The fraction of sp³-hybridized carbons (Fsp3) is 0.407. The number of aromatic amines is 1. The molecule has 3 aromatic rings. The second kappa shape index (κ2) is 9.87. The Morgan fingerprint density at radius 3 is 2.82 bits per heavy atom. The van der Waals surface area contributed by atoms with E-state index in [4.69, 9.17) is 4.42 Å². The molecule has 1 radical (unpaired) electrons. The summed E-state index contributed by atoms with van der Waals surface area (Å²) in [6.45, 7) is 0. The maximum atomic E-state index is 13.1. The number of anilines is 1. The van der Waals surface area contributed by atoms with Gasteiger partial charge in [0, 0.05) is 36.2 Å². The highest BCUT2D eigenvalue weighted by Crippen LogP contribution is 2.49. The number of hydrogen-bond acceptors (Lipinski definition) is 5. The first kappa shape index (κ1) is 22.4. The molecule has 1 aromatic carbocycles. The summed E-state index contributed by atoms with van der Waals surface area (Å²) in [6, 6.07) is 7.57. The number of aryl methyl sites for hydroxylation is 1. The molecule has 1 atom stereocenters. The second-order valence-electron chi connectivity index (χ2n) is 9.37. The predicted octanol–water partition coefficient (Wildman–Crippen LogP) is 4.65. The molecular weight excluding hydrogens is 430 g/mol. The third kappa shape index (κ3) is 4.93. The molecule has 2 aromatic heterocycles. The quantitative estimate of drug-likeness (QED) is 0.475. The number of carbonyl (C=O) groups is 1. The Kier molecular flexibility index (Phi) is 6.52. The zero-order valence-electron chi connectivity index (χ0n) is 19.2. The molecule has 0 aliphatic heterocycles. The third-order valence-electron chi connectivity index (χ3n) is 6.86. The number of aromatic nitrogens is 2. The Balaban J connectivity index is 1.41. The van der Waals surface area contributed by atoms with E-state index in [0.717, 1.165) is 61.8 Å². The minimum absolute atomic E-state index is 0.117. The number of aromatic hydroxyl groups is 1. The number of carbonyl (C=O) groups excluding carboxylic acids is 1. The van der Waals surface area contributed by atoms with Crippen LogP contribution < -0.4 is 10.9 Å². The standard InChI is InChI=1S/C27H30N3O4/c31-23(13-12-20-15-28-16-29-20)30-19-7-5-6-18(14-19)24(17-10-11-17)25-26(32)21-8-3-1-2-4-9-22(21)34-27(25)33/h5-7,13-17,24,32H,1-4,8-12H2,(H,28,29)(H,30,31)/t24-/m0/s1. The molecule has 0 unspecified atom stereocenters. The molecule has 0 spiro atoms. The van der Waals surface area contributed by atoms with Crippen molar-refractivity contribution in [2.75, 3.05) is 5.32 Å². The smallest absolute Gasteiger partial charge is 0.343 e. The van der Waals surface area contributed by atoms with Gasteiger partial charge in [-0.05, 0) is 55.7 Å². The van der Waals surface area contributed by atoms with E-state index < -0.39 is 5.63 Å². The number of rotatable bonds is 7. The molecule has 0 saturated heterocycles. The van der Waals surface area contributed by atoms with E-state index in [2.05, 4.69) is 15.3 Å². The monoisotopic (exact) mass is 460 g/mol. The average molecular weight is 461 g/mol. The van der Waals surface area contributed by atoms with Gasteiger partial charge in [-0.2, -0.15) is 0 Å². The predicted molar refractivity (Wildman–Crippen MR) is 129 cm³/mol. The minimum atomic E-state index is -0.435. The van der Waals surface area contributed by atoms with Crippen molar-refractivity contribution in [3.8, 4) is 5.75 Å². The van der Waals surface area contributed by atoms with Crippen molar-refractivity contribution in [1.82, 2.24) is 9.97 Å². The molecule has 2 aliphatic rings. The maximum Gasteiger partial charge on any atom is 0.343 e. The summed E-state index contributed by atoms with van der Waals surface area (Å²) < 4.78 is 5.79. The molecule has 7 heteroatoms. The lowest BCUT2D eigenvalue weighted by Crippen LogP contribution is -2.19. The van der Waals surface area contributed by atoms with E-state index in [1.165, 1.54) is 0 Å². The SMILES string of the molecule is O=C([CH]Cc1c[nH]cn1)Nc1cccc([C@@H](c2c(O)c3c(oc2=O)CCCCCC3)C2CC2)c1. The summed E-state index contributed by atoms with van der Waals surface area (Å²) in [6.07, 6.45) is 12.9. The molecule has 0 bridgehead atoms. The van der Waals surface area contributed by atoms with Gasteiger partial charge < -0.3 is 19.8 Å². The van der Waals surface area contributed by atoms with Crippen LogP contribution >= 0.6 is 0 Å². The number of nitrogens with one attached hydrogen (secondary N) is 2. The fourth-order valence-electron chi connectivity index (χ4n) is 5.00. The first-order chi connectivity index (χ1) is 16.6. The van der Waals surface area contributed by atoms with Crippen LogP contribution in [0.4, 0.5) is 5.69 Å². The lowest BCUT2D eigenvalue weighted by Gasteiger charge is -2.22. The molecule has 7 nitrogen and oxygen atoms in total. The molecule has 2 heterocycles. The summed E-state index contributed by atoms with van der Waals surface area (Å²) in [5, 5.41) is 14.2. The van der Waals surface area contributed by atoms with Gasteiger partial charge in [-0.25, -0.2) is 9.78 Å². The van der Waals surface area contributed by atoms with Gasteiger partial charge >= 0.3 is 5.63 Å². The average Bonchev–Trinajstić information content (AvgIpc) is 3.50. The van der Waals surface area contributed by atoms with Crippen LogP contribution in [-0.2, 0) is 24.1 Å². The molecular formula is C27H30N3O4. The van der Waals surface area contributed by atoms with Gasteiger partial charge in [-0.15, -0.1) is 0 Å². The molecule has 1 fully saturated rings. The number of imidazole rings is 1. The highest BCUT2D eigenvalue weighted by molar-refractivity contribution is 5.97. The van der Waals surface area contributed by atoms with Gasteiger partial charge in [0.25, 0.3) is 0 Å². The summed E-state index contributed by atoms with van der Waals surface area (Å²) in [7, 11) is 0. The van der Waals surface area contributed by atoms with Crippen LogP contribution in [0, 0.1) is 12.3 Å². The van der Waals surface area contributed by atoms with Gasteiger partial charge in [-0.1, -0.05) is 25.0 Å². The van der Waals surface area contributed by atoms with Gasteiger partial charge in [0.05, 0.1) is 24.0 Å². The molecule has 34 heavy (non-hydrogen) atoms. The highest BCUT2D eigenvalue weighted by Gasteiger charge is 2.38. The van der Waals surface area contributed by atoms with Crippen molar-refractivity contribution in [3.63, 3.8) is 0 Å². The zero-order valence-corrected chi connectivity index (χ0v) is 19.2. The van der Waals surface area contributed by atoms with Crippen LogP contribution in [0.3, 0.4) is 0 Å². The maximum absolute atomic E-state index is 13.1. The number of H-pyrrole nitrogens is 1. The number of amides is 1. The van der Waals surface area contributed by atoms with E-state index >= 15 is 0 Å². The van der Waals surface area contributed by atoms with Gasteiger partial charge in [0.2, 0.25) is 5.91 Å². The van der Waals surface area contributed by atoms with E-state index in [-0.39, 0.29) is 23.5 Å². The normalized spacial score (nSPS) is 16.8. The highest BCUT2D eigenvalue weighted by atomic mass is 16.4. The topological polar surface area (TPSA) is 108 Å². The Labute approximate surface area is 198 Å². The molecule has 3 N–H and O–H groups in total. The summed E-state index contributed by atoms with van der Waals surface area (Å²) in [5.74, 6) is 0.571. The van der Waals surface area contributed by atoms with Crippen LogP contribution in [-0.4, -0.2) is 21.0 Å². The summed E-state index contributed by atoms with van der Waals surface area (Å²) in [5.41, 5.74) is 3.09. The third-order valence-corrected chi connectivity index (χ3v) is 6.86. The van der Waals surface area contributed by atoms with Crippen molar-refractivity contribution in [1.29, 1.82) is 0 Å². The van der Waals surface area contributed by atoms with Crippen LogP contribution in [0.1, 0.15) is 72.6 Å². The van der Waals surface area contributed by atoms with Crippen molar-refractivity contribution in [3.05, 3.63) is 81.8 Å². The Morgan fingerprint density at radius 2 is 2.06 bits per heavy atom. The Morgan fingerprint density at radius 1 is 1.24 bits per heavy atom. The van der Waals surface area contributed by atoms with E-state index in [1.807, 2.05) is 24.3 Å². The first-order valence-electron chi connectivity index (χ1n) is 12.2. The number of benzene rings is 1. The van der Waals surface area contributed by atoms with Crippen LogP contribution in [0.2, 0.25) is 0 Å². The van der Waals surface area contributed by atoms with Crippen LogP contribution in [0.5, 0.6) is 5.75 Å². The lowest BCUT2D eigenvalue weighted by molar-refractivity contribution is -0.113. The van der Waals surface area contributed by atoms with E-state index in [0.29, 0.717) is 29.9 Å². The van der Waals surface area contributed by atoms with Crippen LogP contribution in [0.25, 0.3) is 0 Å². The fourth-order valence-corrected chi connectivity index (χ4v) is 5.00. The molecule has 177 valence electrons. The lowest BCUT2D eigenvalue weighted by atomic mass is 9.85. The van der Waals surface area contributed by atoms with Gasteiger partial charge in [0.15, 0.2) is 0 Å². The summed E-state index contributed by atoms with van der Waals surface area (Å²) >= 11 is 0. The molecule has 5 rings (SSSR count). The molecule has 1 saturated carbocycles. The zero-order chi connectivity index (χ0) is 23.5. The number of fused-ring (bicyclic) bond motifs is 1. The van der Waals surface area contributed by atoms with E-state index in [9.17, 15) is 14.7 Å². The molecule has 1 amide bonds. The van der Waals surface area contributed by atoms with Crippen molar-refractivity contribution >= 4 is 11.6 Å².